The predicted octanol–water partition coefficient (Wildman–Crippen LogP) is 2.55. The third-order valence-electron chi connectivity index (χ3n) is 3.33. The summed E-state index contributed by atoms with van der Waals surface area (Å²) in [5.74, 6) is 2.23. The van der Waals surface area contributed by atoms with Crippen LogP contribution in [0.25, 0.3) is 0 Å². The molecule has 1 aromatic carbocycles. The summed E-state index contributed by atoms with van der Waals surface area (Å²) in [6.45, 7) is 0.798. The van der Waals surface area contributed by atoms with Gasteiger partial charge < -0.3 is 10.4 Å². The number of nitrogens with one attached hydrogen (secondary N) is 1. The van der Waals surface area contributed by atoms with E-state index < -0.39 is 12.0 Å². The van der Waals surface area contributed by atoms with Crippen molar-refractivity contribution in [1.82, 2.24) is 5.32 Å². The van der Waals surface area contributed by atoms with Crippen molar-refractivity contribution in [2.24, 2.45) is 5.92 Å². The summed E-state index contributed by atoms with van der Waals surface area (Å²) >= 11 is 1.99. The number of benzene rings is 1. The third kappa shape index (κ3) is 3.75. The Morgan fingerprint density at radius 1 is 1.33 bits per heavy atom. The molecule has 1 aromatic rings. The van der Waals surface area contributed by atoms with E-state index in [0.717, 1.165) is 12.1 Å². The molecule has 98 valence electrons. The highest BCUT2D eigenvalue weighted by atomic mass is 32.2. The predicted molar refractivity (Wildman–Crippen MR) is 74.9 cm³/mol. The number of hydrogen-bond acceptors (Lipinski definition) is 3. The molecule has 1 unspecified atom stereocenters. The topological polar surface area (TPSA) is 49.3 Å². The lowest BCUT2D eigenvalue weighted by Crippen LogP contribution is -2.33. The van der Waals surface area contributed by atoms with Gasteiger partial charge in [0.15, 0.2) is 0 Å². The molecular formula is C14H19NO2S. The van der Waals surface area contributed by atoms with Crippen LogP contribution in [0.4, 0.5) is 0 Å². The molecule has 2 rings (SSSR count). The lowest BCUT2D eigenvalue weighted by atomic mass is 10.0. The van der Waals surface area contributed by atoms with Crippen LogP contribution in [0.3, 0.4) is 0 Å². The number of carboxylic acid groups (broad SMARTS) is 1. The summed E-state index contributed by atoms with van der Waals surface area (Å²) in [6, 6.07) is 8.81. The minimum atomic E-state index is -0.800. The van der Waals surface area contributed by atoms with Gasteiger partial charge in [-0.3, -0.25) is 4.79 Å². The van der Waals surface area contributed by atoms with Crippen molar-refractivity contribution in [3.8, 4) is 0 Å². The van der Waals surface area contributed by atoms with Crippen molar-refractivity contribution < 1.29 is 9.90 Å². The fourth-order valence-corrected chi connectivity index (χ4v) is 3.43. The summed E-state index contributed by atoms with van der Waals surface area (Å²) in [6.07, 6.45) is 2.39. The van der Waals surface area contributed by atoms with Crippen LogP contribution in [0.1, 0.15) is 24.4 Å². The first-order valence-electron chi connectivity index (χ1n) is 6.36. The Labute approximate surface area is 112 Å². The Kier molecular flexibility index (Phi) is 5.08. The molecule has 1 aliphatic rings. The molecule has 1 saturated heterocycles. The number of carboxylic acids is 1. The van der Waals surface area contributed by atoms with Crippen molar-refractivity contribution in [1.29, 1.82) is 0 Å². The second-order valence-electron chi connectivity index (χ2n) is 4.65. The van der Waals surface area contributed by atoms with E-state index in [1.807, 2.05) is 42.1 Å². The zero-order valence-corrected chi connectivity index (χ0v) is 11.2. The molecule has 4 heteroatoms. The van der Waals surface area contributed by atoms with Crippen LogP contribution < -0.4 is 5.32 Å². The quantitative estimate of drug-likeness (QED) is 0.859. The monoisotopic (exact) mass is 265 g/mol. The van der Waals surface area contributed by atoms with E-state index in [1.165, 1.54) is 24.3 Å². The highest BCUT2D eigenvalue weighted by Crippen LogP contribution is 2.23. The summed E-state index contributed by atoms with van der Waals surface area (Å²) in [5, 5.41) is 12.5. The molecule has 1 fully saturated rings. The van der Waals surface area contributed by atoms with Gasteiger partial charge in [-0.25, -0.2) is 0 Å². The van der Waals surface area contributed by atoms with Crippen LogP contribution in [0, 0.1) is 5.92 Å². The maximum atomic E-state index is 11.3. The van der Waals surface area contributed by atoms with Gasteiger partial charge in [-0.15, -0.1) is 0 Å². The van der Waals surface area contributed by atoms with Crippen molar-refractivity contribution in [2.75, 3.05) is 18.1 Å². The largest absolute Gasteiger partial charge is 0.480 e. The Morgan fingerprint density at radius 2 is 2.00 bits per heavy atom. The van der Waals surface area contributed by atoms with Gasteiger partial charge in [-0.1, -0.05) is 30.3 Å². The highest BCUT2D eigenvalue weighted by Gasteiger charge is 2.21. The van der Waals surface area contributed by atoms with Gasteiger partial charge in [0.1, 0.15) is 6.04 Å². The Balaban J connectivity index is 1.92. The van der Waals surface area contributed by atoms with E-state index in [0.29, 0.717) is 5.92 Å². The molecule has 0 amide bonds. The van der Waals surface area contributed by atoms with E-state index in [2.05, 4.69) is 5.32 Å². The molecule has 0 spiro atoms. The molecule has 1 atom stereocenters. The van der Waals surface area contributed by atoms with Crippen LogP contribution in [0.5, 0.6) is 0 Å². The lowest BCUT2D eigenvalue weighted by molar-refractivity contribution is -0.139. The second-order valence-corrected chi connectivity index (χ2v) is 5.87. The molecule has 1 heterocycles. The first kappa shape index (κ1) is 13.4. The first-order valence-corrected chi connectivity index (χ1v) is 7.51. The Bertz CT molecular complexity index is 377. The Morgan fingerprint density at radius 3 is 2.61 bits per heavy atom. The minimum Gasteiger partial charge on any atom is -0.480 e. The summed E-state index contributed by atoms with van der Waals surface area (Å²) in [5.41, 5.74) is 0.829. The molecule has 0 aliphatic carbocycles. The molecule has 2 N–H and O–H groups in total. The molecule has 3 nitrogen and oxygen atoms in total. The molecule has 0 radical (unpaired) electrons. The minimum absolute atomic E-state index is 0.583. The maximum Gasteiger partial charge on any atom is 0.325 e. The number of thioether (sulfide) groups is 1. The lowest BCUT2D eigenvalue weighted by Gasteiger charge is -2.24. The van der Waals surface area contributed by atoms with E-state index in [1.54, 1.807) is 0 Å². The maximum absolute atomic E-state index is 11.3. The highest BCUT2D eigenvalue weighted by molar-refractivity contribution is 7.99. The summed E-state index contributed by atoms with van der Waals surface area (Å²) in [7, 11) is 0. The zero-order valence-electron chi connectivity index (χ0n) is 10.3. The summed E-state index contributed by atoms with van der Waals surface area (Å²) in [4.78, 5) is 11.3. The number of carbonyl (C=O) groups is 1. The van der Waals surface area contributed by atoms with Crippen LogP contribution in [-0.4, -0.2) is 29.1 Å². The standard InChI is InChI=1S/C14H19NO2S/c16-14(17)13(12-4-2-1-3-5-12)15-10-11-6-8-18-9-7-11/h1-5,11,13,15H,6-10H2,(H,16,17). The SMILES string of the molecule is O=C(O)C(NCC1CCSCC1)c1ccccc1. The average molecular weight is 265 g/mol. The zero-order chi connectivity index (χ0) is 12.8. The fraction of sp³-hybridized carbons (Fsp3) is 0.500. The van der Waals surface area contributed by atoms with Crippen molar-refractivity contribution in [2.45, 2.75) is 18.9 Å². The second kappa shape index (κ2) is 6.81. The van der Waals surface area contributed by atoms with Crippen molar-refractivity contribution in [3.63, 3.8) is 0 Å². The molecule has 18 heavy (non-hydrogen) atoms. The average Bonchev–Trinajstić information content (AvgIpc) is 2.41. The van der Waals surface area contributed by atoms with Gasteiger partial charge in [0.25, 0.3) is 0 Å². The first-order chi connectivity index (χ1) is 8.77. The van der Waals surface area contributed by atoms with Crippen LogP contribution in [-0.2, 0) is 4.79 Å². The fourth-order valence-electron chi connectivity index (χ4n) is 2.23. The van der Waals surface area contributed by atoms with Gasteiger partial charge in [-0.05, 0) is 42.4 Å². The van der Waals surface area contributed by atoms with Crippen LogP contribution in [0.15, 0.2) is 30.3 Å². The van der Waals surface area contributed by atoms with Crippen LogP contribution in [0.2, 0.25) is 0 Å². The number of rotatable bonds is 5. The molecular weight excluding hydrogens is 246 g/mol. The normalized spacial score (nSPS) is 18.4. The van der Waals surface area contributed by atoms with Crippen molar-refractivity contribution in [3.05, 3.63) is 35.9 Å². The van der Waals surface area contributed by atoms with Gasteiger partial charge in [0, 0.05) is 0 Å². The summed E-state index contributed by atoms with van der Waals surface area (Å²) < 4.78 is 0. The van der Waals surface area contributed by atoms with Gasteiger partial charge >= 0.3 is 5.97 Å². The van der Waals surface area contributed by atoms with E-state index in [-0.39, 0.29) is 0 Å². The van der Waals surface area contributed by atoms with Crippen LogP contribution >= 0.6 is 11.8 Å². The van der Waals surface area contributed by atoms with E-state index >= 15 is 0 Å². The molecule has 0 bridgehead atoms. The Hall–Kier alpha value is -1.00. The smallest absolute Gasteiger partial charge is 0.325 e. The van der Waals surface area contributed by atoms with Crippen molar-refractivity contribution >= 4 is 17.7 Å². The number of aliphatic carboxylic acids is 1. The molecule has 0 aromatic heterocycles. The molecule has 0 saturated carbocycles. The van der Waals surface area contributed by atoms with E-state index in [4.69, 9.17) is 0 Å². The number of hydrogen-bond donors (Lipinski definition) is 2. The van der Waals surface area contributed by atoms with Gasteiger partial charge in [0.2, 0.25) is 0 Å². The van der Waals surface area contributed by atoms with Gasteiger partial charge in [0.05, 0.1) is 0 Å². The van der Waals surface area contributed by atoms with E-state index in [9.17, 15) is 9.90 Å². The molecule has 1 aliphatic heterocycles. The van der Waals surface area contributed by atoms with Gasteiger partial charge in [-0.2, -0.15) is 11.8 Å². The third-order valence-corrected chi connectivity index (χ3v) is 4.38.